The minimum atomic E-state index is -3.45. The van der Waals surface area contributed by atoms with Gasteiger partial charge in [-0.3, -0.25) is 0 Å². The number of anilines is 3. The molecule has 1 atom stereocenters. The molecule has 3 aromatic heterocycles. The molecule has 0 saturated heterocycles. The van der Waals surface area contributed by atoms with Crippen LogP contribution in [0.5, 0.6) is 0 Å². The maximum Gasteiger partial charge on any atom is 0.224 e. The van der Waals surface area contributed by atoms with Gasteiger partial charge < -0.3 is 16.8 Å². The second kappa shape index (κ2) is 8.44. The largest absolute Gasteiger partial charge is 0.382 e. The van der Waals surface area contributed by atoms with Crippen LogP contribution in [0.1, 0.15) is 29.8 Å². The zero-order chi connectivity index (χ0) is 24.8. The van der Waals surface area contributed by atoms with E-state index in [-0.39, 0.29) is 28.0 Å². The van der Waals surface area contributed by atoms with E-state index in [0.717, 1.165) is 6.26 Å². The smallest absolute Gasteiger partial charge is 0.224 e. The predicted molar refractivity (Wildman–Crippen MR) is 129 cm³/mol. The van der Waals surface area contributed by atoms with Crippen LogP contribution in [-0.4, -0.2) is 39.2 Å². The van der Waals surface area contributed by atoms with Crippen LogP contribution in [0.25, 0.3) is 16.9 Å². The molecule has 0 unspecified atom stereocenters. The Labute approximate surface area is 200 Å². The molecule has 4 rings (SSSR count). The zero-order valence-corrected chi connectivity index (χ0v) is 20.0. The molecule has 13 heteroatoms. The molecule has 34 heavy (non-hydrogen) atoms. The number of nitrogen functional groups attached to an aromatic ring is 2. The quantitative estimate of drug-likeness (QED) is 0.371. The Hall–Kier alpha value is -3.95. The number of fused-ring (bicyclic) bond motifs is 1. The Morgan fingerprint density at radius 2 is 1.97 bits per heavy atom. The number of nitrogens with zero attached hydrogens (tertiary/aromatic N) is 6. The van der Waals surface area contributed by atoms with Gasteiger partial charge >= 0.3 is 0 Å². The summed E-state index contributed by atoms with van der Waals surface area (Å²) in [7, 11) is -3.45. The Kier molecular flexibility index (Phi) is 5.76. The highest BCUT2D eigenvalue weighted by molar-refractivity contribution is 7.90. The summed E-state index contributed by atoms with van der Waals surface area (Å²) in [6.45, 7) is 3.58. The SMILES string of the molecule is Cc1nn2cc([C@H](C)Nc3nc(N)nc(N)c3C#N)c(-c3cccc(S(C)(=O)=O)c3)nc2c1Cl. The molecule has 0 fully saturated rings. The summed E-state index contributed by atoms with van der Waals surface area (Å²) in [6.07, 6.45) is 2.87. The maximum atomic E-state index is 12.1. The molecule has 0 spiro atoms. The molecule has 1 aromatic carbocycles. The third kappa shape index (κ3) is 4.18. The third-order valence-corrected chi connectivity index (χ3v) is 6.72. The topological polar surface area (TPSA) is 178 Å². The highest BCUT2D eigenvalue weighted by Gasteiger charge is 2.22. The normalized spacial score (nSPS) is 12.4. The molecule has 0 amide bonds. The molecule has 0 radical (unpaired) electrons. The van der Waals surface area contributed by atoms with Crippen molar-refractivity contribution in [2.24, 2.45) is 0 Å². The number of aryl methyl sites for hydroxylation is 1. The van der Waals surface area contributed by atoms with Crippen molar-refractivity contribution in [3.63, 3.8) is 0 Å². The van der Waals surface area contributed by atoms with E-state index < -0.39 is 15.9 Å². The second-order valence-electron chi connectivity index (χ2n) is 7.68. The monoisotopic (exact) mass is 497 g/mol. The maximum absolute atomic E-state index is 12.1. The van der Waals surface area contributed by atoms with Crippen molar-refractivity contribution in [3.8, 4) is 17.3 Å². The summed E-state index contributed by atoms with van der Waals surface area (Å²) in [5, 5.41) is 17.4. The van der Waals surface area contributed by atoms with Gasteiger partial charge in [0, 0.05) is 23.6 Å². The van der Waals surface area contributed by atoms with Crippen molar-refractivity contribution in [2.75, 3.05) is 23.0 Å². The Balaban J connectivity index is 1.92. The molecular formula is C21H20ClN9O2S. The molecule has 0 aliphatic heterocycles. The summed E-state index contributed by atoms with van der Waals surface area (Å²) in [5.74, 6) is 0.0229. The number of aromatic nitrogens is 5. The average molecular weight is 498 g/mol. The number of nitrogens with one attached hydrogen (secondary N) is 1. The average Bonchev–Trinajstić information content (AvgIpc) is 3.05. The van der Waals surface area contributed by atoms with Crippen LogP contribution >= 0.6 is 11.6 Å². The molecule has 0 aliphatic rings. The van der Waals surface area contributed by atoms with Gasteiger partial charge in [0.25, 0.3) is 0 Å². The van der Waals surface area contributed by atoms with Gasteiger partial charge in [-0.1, -0.05) is 23.7 Å². The number of benzene rings is 1. The third-order valence-electron chi connectivity index (χ3n) is 5.16. The summed E-state index contributed by atoms with van der Waals surface area (Å²) in [4.78, 5) is 12.8. The van der Waals surface area contributed by atoms with E-state index >= 15 is 0 Å². The molecule has 3 heterocycles. The van der Waals surface area contributed by atoms with E-state index in [1.54, 1.807) is 35.8 Å². The standard InChI is InChI=1S/C21H20ClN9O2S/c1-10(26-19-14(8-23)18(24)28-21(25)29-19)15-9-31-20(16(22)11(2)30-31)27-17(15)12-5-4-6-13(7-12)34(3,32)33/h4-7,9-10H,1-3H3,(H5,24,25,26,28,29)/t10-/m0/s1. The van der Waals surface area contributed by atoms with Crippen molar-refractivity contribution in [2.45, 2.75) is 24.8 Å². The van der Waals surface area contributed by atoms with Crippen LogP contribution in [0, 0.1) is 18.3 Å². The van der Waals surface area contributed by atoms with Crippen LogP contribution < -0.4 is 16.8 Å². The lowest BCUT2D eigenvalue weighted by Gasteiger charge is -2.19. The van der Waals surface area contributed by atoms with Crippen molar-refractivity contribution in [1.29, 1.82) is 5.26 Å². The number of nitriles is 1. The molecular weight excluding hydrogens is 478 g/mol. The lowest BCUT2D eigenvalue weighted by Crippen LogP contribution is -2.15. The number of hydrogen-bond donors (Lipinski definition) is 3. The second-order valence-corrected chi connectivity index (χ2v) is 10.1. The van der Waals surface area contributed by atoms with Gasteiger partial charge in [0.05, 0.1) is 22.3 Å². The van der Waals surface area contributed by atoms with Crippen molar-refractivity contribution < 1.29 is 8.42 Å². The minimum absolute atomic E-state index is 0.0474. The first-order valence-corrected chi connectivity index (χ1v) is 12.2. The van der Waals surface area contributed by atoms with Gasteiger partial charge in [0.1, 0.15) is 22.5 Å². The first kappa shape index (κ1) is 23.2. The molecule has 0 bridgehead atoms. The molecule has 11 nitrogen and oxygen atoms in total. The summed E-state index contributed by atoms with van der Waals surface area (Å²) >= 11 is 6.40. The Bertz CT molecular complexity index is 1590. The van der Waals surface area contributed by atoms with Gasteiger partial charge in [-0.25, -0.2) is 17.9 Å². The first-order chi connectivity index (χ1) is 16.0. The lowest BCUT2D eigenvalue weighted by molar-refractivity contribution is 0.602. The van der Waals surface area contributed by atoms with Gasteiger partial charge in [-0.05, 0) is 26.0 Å². The highest BCUT2D eigenvalue weighted by atomic mass is 35.5. The van der Waals surface area contributed by atoms with E-state index in [9.17, 15) is 13.7 Å². The van der Waals surface area contributed by atoms with Crippen LogP contribution in [0.4, 0.5) is 17.6 Å². The highest BCUT2D eigenvalue weighted by Crippen LogP contribution is 2.33. The van der Waals surface area contributed by atoms with E-state index in [2.05, 4.69) is 20.4 Å². The molecule has 174 valence electrons. The zero-order valence-electron chi connectivity index (χ0n) is 18.4. The number of halogens is 1. The fourth-order valence-electron chi connectivity index (χ4n) is 3.48. The summed E-state index contributed by atoms with van der Waals surface area (Å²) in [6, 6.07) is 7.94. The van der Waals surface area contributed by atoms with Gasteiger partial charge in [-0.15, -0.1) is 0 Å². The lowest BCUT2D eigenvalue weighted by atomic mass is 10.0. The van der Waals surface area contributed by atoms with Crippen molar-refractivity contribution in [3.05, 3.63) is 52.3 Å². The summed E-state index contributed by atoms with van der Waals surface area (Å²) in [5.41, 5.74) is 14.3. The molecule has 0 aliphatic carbocycles. The predicted octanol–water partition coefficient (Wildman–Crippen LogP) is 2.76. The van der Waals surface area contributed by atoms with E-state index in [0.29, 0.717) is 33.2 Å². The van der Waals surface area contributed by atoms with Crippen LogP contribution in [0.3, 0.4) is 0 Å². The van der Waals surface area contributed by atoms with Crippen LogP contribution in [0.15, 0.2) is 35.4 Å². The number of nitrogens with two attached hydrogens (primary N) is 2. The van der Waals surface area contributed by atoms with Crippen molar-refractivity contribution in [1.82, 2.24) is 24.6 Å². The first-order valence-electron chi connectivity index (χ1n) is 9.95. The van der Waals surface area contributed by atoms with E-state index in [1.807, 2.05) is 13.0 Å². The summed E-state index contributed by atoms with van der Waals surface area (Å²) < 4.78 is 25.8. The molecule has 5 N–H and O–H groups in total. The minimum Gasteiger partial charge on any atom is -0.382 e. The Morgan fingerprint density at radius 1 is 1.24 bits per heavy atom. The Morgan fingerprint density at radius 3 is 2.65 bits per heavy atom. The van der Waals surface area contributed by atoms with E-state index in [4.69, 9.17) is 28.1 Å². The number of hydrogen-bond acceptors (Lipinski definition) is 10. The van der Waals surface area contributed by atoms with Gasteiger partial charge in [0.15, 0.2) is 21.3 Å². The molecule has 0 saturated carbocycles. The van der Waals surface area contributed by atoms with E-state index in [1.165, 1.54) is 6.07 Å². The van der Waals surface area contributed by atoms with Crippen molar-refractivity contribution >= 4 is 44.7 Å². The number of rotatable bonds is 5. The molecule has 4 aromatic rings. The van der Waals surface area contributed by atoms with Gasteiger partial charge in [-0.2, -0.15) is 20.3 Å². The van der Waals surface area contributed by atoms with Gasteiger partial charge in [0.2, 0.25) is 5.95 Å². The fraction of sp³-hybridized carbons (Fsp3) is 0.190. The number of sulfone groups is 1. The van der Waals surface area contributed by atoms with Crippen LogP contribution in [0.2, 0.25) is 5.02 Å². The fourth-order valence-corrected chi connectivity index (χ4v) is 4.32. The van der Waals surface area contributed by atoms with Crippen LogP contribution in [-0.2, 0) is 9.84 Å².